The molecule has 0 bridgehead atoms. The zero-order chi connectivity index (χ0) is 13.3. The molecular formula is C12H14Br2N2O2. The summed E-state index contributed by atoms with van der Waals surface area (Å²) in [6.45, 7) is 3.11. The number of carbonyl (C=O) groups excluding carboxylic acids is 1. The van der Waals surface area contributed by atoms with Crippen molar-refractivity contribution in [3.63, 3.8) is 0 Å². The van der Waals surface area contributed by atoms with Crippen molar-refractivity contribution in [1.29, 1.82) is 0 Å². The zero-order valence-corrected chi connectivity index (χ0v) is 13.2. The number of aromatic hydroxyl groups is 1. The predicted molar refractivity (Wildman–Crippen MR) is 76.9 cm³/mol. The second-order valence-electron chi connectivity index (χ2n) is 4.38. The fourth-order valence-corrected chi connectivity index (χ4v) is 3.13. The smallest absolute Gasteiger partial charge is 0.257 e. The summed E-state index contributed by atoms with van der Waals surface area (Å²) in [5, 5.41) is 9.95. The Labute approximate surface area is 123 Å². The Morgan fingerprint density at radius 2 is 1.83 bits per heavy atom. The monoisotopic (exact) mass is 376 g/mol. The zero-order valence-electron chi connectivity index (χ0n) is 9.99. The molecule has 1 fully saturated rings. The van der Waals surface area contributed by atoms with Gasteiger partial charge in [0, 0.05) is 30.7 Å². The lowest BCUT2D eigenvalue weighted by atomic mass is 10.1. The largest absolute Gasteiger partial charge is 0.506 e. The third-order valence-electron chi connectivity index (χ3n) is 3.05. The third kappa shape index (κ3) is 2.87. The molecule has 1 aromatic rings. The van der Waals surface area contributed by atoms with Gasteiger partial charge in [0.2, 0.25) is 0 Å². The molecule has 0 atom stereocenters. The van der Waals surface area contributed by atoms with Crippen molar-refractivity contribution in [3.05, 3.63) is 26.6 Å². The van der Waals surface area contributed by atoms with Gasteiger partial charge in [-0.2, -0.15) is 0 Å². The molecule has 1 amide bonds. The lowest BCUT2D eigenvalue weighted by molar-refractivity contribution is 0.0661. The van der Waals surface area contributed by atoms with E-state index in [1.54, 1.807) is 17.0 Å². The molecule has 98 valence electrons. The average molecular weight is 378 g/mol. The summed E-state index contributed by atoms with van der Waals surface area (Å²) < 4.78 is 1.29. The molecule has 1 N–H and O–H groups in total. The Morgan fingerprint density at radius 3 is 2.44 bits per heavy atom. The van der Waals surface area contributed by atoms with E-state index in [1.165, 1.54) is 0 Å². The fourth-order valence-electron chi connectivity index (χ4n) is 1.91. The Bertz CT molecular complexity index is 471. The van der Waals surface area contributed by atoms with E-state index in [0.29, 0.717) is 23.1 Å². The van der Waals surface area contributed by atoms with Crippen LogP contribution in [0, 0.1) is 0 Å². The molecule has 1 aliphatic rings. The molecule has 1 heterocycles. The summed E-state index contributed by atoms with van der Waals surface area (Å²) in [4.78, 5) is 16.3. The van der Waals surface area contributed by atoms with Gasteiger partial charge in [0.1, 0.15) is 5.75 Å². The highest BCUT2D eigenvalue weighted by Gasteiger charge is 2.23. The Kier molecular flexibility index (Phi) is 4.29. The van der Waals surface area contributed by atoms with Crippen LogP contribution >= 0.6 is 31.9 Å². The molecule has 18 heavy (non-hydrogen) atoms. The Balaban J connectivity index is 2.23. The third-order valence-corrected chi connectivity index (χ3v) is 4.11. The number of piperazine rings is 1. The SMILES string of the molecule is CN1CCN(C(=O)c2cc(Br)cc(Br)c2O)CC1. The van der Waals surface area contributed by atoms with E-state index in [0.717, 1.165) is 17.6 Å². The molecule has 4 nitrogen and oxygen atoms in total. The maximum absolute atomic E-state index is 12.3. The molecule has 6 heteroatoms. The van der Waals surface area contributed by atoms with Crippen LogP contribution in [0.4, 0.5) is 0 Å². The number of nitrogens with zero attached hydrogens (tertiary/aromatic N) is 2. The van der Waals surface area contributed by atoms with Crippen LogP contribution in [0.25, 0.3) is 0 Å². The van der Waals surface area contributed by atoms with Crippen LogP contribution in [0.1, 0.15) is 10.4 Å². The second-order valence-corrected chi connectivity index (χ2v) is 6.15. The summed E-state index contributed by atoms with van der Waals surface area (Å²) in [7, 11) is 2.04. The summed E-state index contributed by atoms with van der Waals surface area (Å²) in [5.41, 5.74) is 0.334. The van der Waals surface area contributed by atoms with E-state index < -0.39 is 0 Å². The molecular weight excluding hydrogens is 364 g/mol. The van der Waals surface area contributed by atoms with Crippen LogP contribution in [0.2, 0.25) is 0 Å². The van der Waals surface area contributed by atoms with Gasteiger partial charge >= 0.3 is 0 Å². The van der Waals surface area contributed by atoms with Gasteiger partial charge in [-0.15, -0.1) is 0 Å². The predicted octanol–water partition coefficient (Wildman–Crippen LogP) is 2.30. The van der Waals surface area contributed by atoms with E-state index in [4.69, 9.17) is 0 Å². The van der Waals surface area contributed by atoms with Gasteiger partial charge in [-0.3, -0.25) is 4.79 Å². The number of phenols is 1. The fraction of sp³-hybridized carbons (Fsp3) is 0.417. The number of phenolic OH excluding ortho intramolecular Hbond substituents is 1. The highest BCUT2D eigenvalue weighted by Crippen LogP contribution is 2.32. The van der Waals surface area contributed by atoms with Gasteiger partial charge in [-0.25, -0.2) is 0 Å². The first-order valence-electron chi connectivity index (χ1n) is 5.65. The molecule has 1 aromatic carbocycles. The summed E-state index contributed by atoms with van der Waals surface area (Å²) in [6, 6.07) is 3.37. The molecule has 0 spiro atoms. The minimum absolute atomic E-state index is 0.00197. The maximum atomic E-state index is 12.3. The molecule has 1 saturated heterocycles. The number of rotatable bonds is 1. The summed E-state index contributed by atoms with van der Waals surface area (Å²) >= 11 is 6.57. The van der Waals surface area contributed by atoms with Crippen molar-refractivity contribution < 1.29 is 9.90 Å². The van der Waals surface area contributed by atoms with Gasteiger partial charge in [0.15, 0.2) is 0 Å². The van der Waals surface area contributed by atoms with Crippen molar-refractivity contribution in [1.82, 2.24) is 9.80 Å². The molecule has 2 rings (SSSR count). The molecule has 1 aliphatic heterocycles. The van der Waals surface area contributed by atoms with Crippen molar-refractivity contribution in [2.24, 2.45) is 0 Å². The number of amides is 1. The molecule has 0 radical (unpaired) electrons. The van der Waals surface area contributed by atoms with Crippen LogP contribution in [0.15, 0.2) is 21.1 Å². The first-order valence-corrected chi connectivity index (χ1v) is 7.23. The van der Waals surface area contributed by atoms with Gasteiger partial charge in [-0.05, 0) is 35.1 Å². The first-order chi connectivity index (χ1) is 8.49. The van der Waals surface area contributed by atoms with E-state index in [1.807, 2.05) is 7.05 Å². The Hall–Kier alpha value is -0.590. The van der Waals surface area contributed by atoms with Crippen molar-refractivity contribution in [2.45, 2.75) is 0 Å². The minimum Gasteiger partial charge on any atom is -0.506 e. The topological polar surface area (TPSA) is 43.8 Å². The highest BCUT2D eigenvalue weighted by atomic mass is 79.9. The van der Waals surface area contributed by atoms with Crippen LogP contribution in [-0.2, 0) is 0 Å². The van der Waals surface area contributed by atoms with Crippen LogP contribution < -0.4 is 0 Å². The highest BCUT2D eigenvalue weighted by molar-refractivity contribution is 9.11. The van der Waals surface area contributed by atoms with Gasteiger partial charge < -0.3 is 14.9 Å². The van der Waals surface area contributed by atoms with Crippen LogP contribution in [0.3, 0.4) is 0 Å². The maximum Gasteiger partial charge on any atom is 0.257 e. The summed E-state index contributed by atoms with van der Waals surface area (Å²) in [5.74, 6) is -0.121. The van der Waals surface area contributed by atoms with Gasteiger partial charge in [-0.1, -0.05) is 15.9 Å². The van der Waals surface area contributed by atoms with Crippen LogP contribution in [0.5, 0.6) is 5.75 Å². The van der Waals surface area contributed by atoms with E-state index in [2.05, 4.69) is 36.8 Å². The Morgan fingerprint density at radius 1 is 1.22 bits per heavy atom. The number of hydrogen-bond donors (Lipinski definition) is 1. The lowest BCUT2D eigenvalue weighted by Gasteiger charge is -2.32. The van der Waals surface area contributed by atoms with Gasteiger partial charge in [0.05, 0.1) is 10.0 Å². The minimum atomic E-state index is -0.123. The van der Waals surface area contributed by atoms with Crippen molar-refractivity contribution in [3.8, 4) is 5.75 Å². The normalized spacial score (nSPS) is 16.9. The van der Waals surface area contributed by atoms with Crippen LogP contribution in [-0.4, -0.2) is 54.0 Å². The standard InChI is InChI=1S/C12H14Br2N2O2/c1-15-2-4-16(5-3-15)12(18)9-6-8(13)7-10(14)11(9)17/h6-7,17H,2-5H2,1H3. The van der Waals surface area contributed by atoms with Crippen molar-refractivity contribution in [2.75, 3.05) is 33.2 Å². The number of carbonyl (C=O) groups is 1. The molecule has 0 aliphatic carbocycles. The second kappa shape index (κ2) is 5.59. The number of benzene rings is 1. The lowest BCUT2D eigenvalue weighted by Crippen LogP contribution is -2.47. The first kappa shape index (κ1) is 13.8. The van der Waals surface area contributed by atoms with Gasteiger partial charge in [0.25, 0.3) is 5.91 Å². The quantitative estimate of drug-likeness (QED) is 0.816. The molecule has 0 aromatic heterocycles. The van der Waals surface area contributed by atoms with E-state index in [-0.39, 0.29) is 11.7 Å². The number of likely N-dealkylation sites (N-methyl/N-ethyl adjacent to an activating group) is 1. The average Bonchev–Trinajstić information content (AvgIpc) is 2.34. The molecule has 0 unspecified atom stereocenters. The van der Waals surface area contributed by atoms with Crippen molar-refractivity contribution >= 4 is 37.8 Å². The molecule has 0 saturated carbocycles. The number of hydrogen-bond acceptors (Lipinski definition) is 3. The summed E-state index contributed by atoms with van der Waals surface area (Å²) in [6.07, 6.45) is 0. The van der Waals surface area contributed by atoms with E-state index >= 15 is 0 Å². The number of halogens is 2. The van der Waals surface area contributed by atoms with E-state index in [9.17, 15) is 9.90 Å².